The third kappa shape index (κ3) is 4.89. The van der Waals surface area contributed by atoms with Gasteiger partial charge in [-0.25, -0.2) is 0 Å². The fourth-order valence-electron chi connectivity index (χ4n) is 4.02. The number of hydrogen-bond donors (Lipinski definition) is 1. The second-order valence-corrected chi connectivity index (χ2v) is 8.10. The number of amides is 1. The minimum absolute atomic E-state index is 0.00389. The smallest absolute Gasteiger partial charge is 0.251 e. The number of ether oxygens (including phenoxy) is 2. The number of carbonyl (C=O) groups excluding carboxylic acids is 1. The van der Waals surface area contributed by atoms with E-state index in [0.717, 1.165) is 57.0 Å². The Hall–Kier alpha value is -2.28. The van der Waals surface area contributed by atoms with E-state index in [1.165, 1.54) is 11.1 Å². The molecule has 0 saturated carbocycles. The molecule has 2 aromatic rings. The molecule has 30 heavy (non-hydrogen) atoms. The lowest BCUT2D eigenvalue weighted by molar-refractivity contribution is 0.0945. The molecule has 1 fully saturated rings. The Balaban J connectivity index is 1.22. The summed E-state index contributed by atoms with van der Waals surface area (Å²) in [6.45, 7) is 6.65. The largest absolute Gasteiger partial charge is 0.495 e. The lowest BCUT2D eigenvalue weighted by Gasteiger charge is -2.36. The Morgan fingerprint density at radius 2 is 1.97 bits per heavy atom. The van der Waals surface area contributed by atoms with Crippen LogP contribution >= 0.6 is 11.6 Å². The topological polar surface area (TPSA) is 54.0 Å². The monoisotopic (exact) mass is 429 g/mol. The van der Waals surface area contributed by atoms with E-state index in [0.29, 0.717) is 23.9 Å². The highest BCUT2D eigenvalue weighted by atomic mass is 35.5. The summed E-state index contributed by atoms with van der Waals surface area (Å²) >= 11 is 6.26. The number of hydrogen-bond acceptors (Lipinski definition) is 5. The highest BCUT2D eigenvalue weighted by Gasteiger charge is 2.18. The molecule has 7 heteroatoms. The average molecular weight is 430 g/mol. The number of methoxy groups -OCH3 is 1. The van der Waals surface area contributed by atoms with E-state index in [-0.39, 0.29) is 5.91 Å². The molecule has 160 valence electrons. The summed E-state index contributed by atoms with van der Waals surface area (Å²) in [6, 6.07) is 11.8. The first-order valence-electron chi connectivity index (χ1n) is 10.4. The SMILES string of the molecule is COc1ccc(N2CCN(CCNC(=O)c3ccc4c(c3)CCOC4)CC2)cc1Cl. The van der Waals surface area contributed by atoms with E-state index in [4.69, 9.17) is 21.1 Å². The standard InChI is InChI=1S/C23H28ClN3O3/c1-29-22-5-4-20(15-21(22)24)27-11-9-26(10-12-27)8-7-25-23(28)18-2-3-19-16-30-13-6-17(19)14-18/h2-5,14-15H,6-13,16H2,1H3,(H,25,28). The van der Waals surface area contributed by atoms with Gasteiger partial charge in [0.25, 0.3) is 5.91 Å². The van der Waals surface area contributed by atoms with Crippen molar-refractivity contribution in [3.05, 3.63) is 58.1 Å². The number of nitrogens with zero attached hydrogens (tertiary/aromatic N) is 2. The van der Waals surface area contributed by atoms with Crippen LogP contribution in [0.25, 0.3) is 0 Å². The molecule has 0 aromatic heterocycles. The zero-order valence-corrected chi connectivity index (χ0v) is 18.1. The molecule has 6 nitrogen and oxygen atoms in total. The fourth-order valence-corrected chi connectivity index (χ4v) is 4.27. The maximum absolute atomic E-state index is 12.5. The Morgan fingerprint density at radius 3 is 2.73 bits per heavy atom. The van der Waals surface area contributed by atoms with Crippen molar-refractivity contribution in [2.75, 3.05) is 57.9 Å². The molecule has 1 saturated heterocycles. The summed E-state index contributed by atoms with van der Waals surface area (Å²) in [7, 11) is 1.62. The Morgan fingerprint density at radius 1 is 1.13 bits per heavy atom. The summed E-state index contributed by atoms with van der Waals surface area (Å²) < 4.78 is 10.7. The average Bonchev–Trinajstić information content (AvgIpc) is 2.79. The molecule has 2 heterocycles. The van der Waals surface area contributed by atoms with Gasteiger partial charge in [0.1, 0.15) is 5.75 Å². The van der Waals surface area contributed by atoms with Crippen LogP contribution in [0.2, 0.25) is 5.02 Å². The van der Waals surface area contributed by atoms with Crippen LogP contribution in [0.5, 0.6) is 5.75 Å². The predicted octanol–water partition coefficient (Wildman–Crippen LogP) is 2.97. The molecule has 0 spiro atoms. The molecule has 4 rings (SSSR count). The normalized spacial score (nSPS) is 16.8. The molecule has 1 N–H and O–H groups in total. The molecule has 0 unspecified atom stereocenters. The van der Waals surface area contributed by atoms with Gasteiger partial charge in [-0.2, -0.15) is 0 Å². The van der Waals surface area contributed by atoms with Crippen molar-refractivity contribution in [1.29, 1.82) is 0 Å². The molecule has 0 bridgehead atoms. The maximum Gasteiger partial charge on any atom is 0.251 e. The quantitative estimate of drug-likeness (QED) is 0.765. The molecule has 0 radical (unpaired) electrons. The highest BCUT2D eigenvalue weighted by molar-refractivity contribution is 6.32. The predicted molar refractivity (Wildman–Crippen MR) is 119 cm³/mol. The first-order chi connectivity index (χ1) is 14.6. The molecular formula is C23H28ClN3O3. The van der Waals surface area contributed by atoms with Gasteiger partial charge in [0.05, 0.1) is 25.3 Å². The number of fused-ring (bicyclic) bond motifs is 1. The van der Waals surface area contributed by atoms with E-state index in [9.17, 15) is 4.79 Å². The zero-order chi connectivity index (χ0) is 20.9. The lowest BCUT2D eigenvalue weighted by atomic mass is 10.00. The molecule has 0 aliphatic carbocycles. The van der Waals surface area contributed by atoms with Crippen LogP contribution in [-0.2, 0) is 17.8 Å². The van der Waals surface area contributed by atoms with Gasteiger partial charge in [0.15, 0.2) is 0 Å². The van der Waals surface area contributed by atoms with Crippen LogP contribution in [0.4, 0.5) is 5.69 Å². The van der Waals surface area contributed by atoms with Crippen molar-refractivity contribution in [3.63, 3.8) is 0 Å². The van der Waals surface area contributed by atoms with Gasteiger partial charge in [-0.3, -0.25) is 9.69 Å². The number of halogens is 1. The number of rotatable bonds is 6. The number of nitrogens with one attached hydrogen (secondary N) is 1. The molecular weight excluding hydrogens is 402 g/mol. The third-order valence-electron chi connectivity index (χ3n) is 5.83. The maximum atomic E-state index is 12.5. The van der Waals surface area contributed by atoms with Crippen LogP contribution in [0.1, 0.15) is 21.5 Å². The summed E-state index contributed by atoms with van der Waals surface area (Å²) in [5.41, 5.74) is 4.26. The van der Waals surface area contributed by atoms with Crippen molar-refractivity contribution in [2.24, 2.45) is 0 Å². The lowest BCUT2D eigenvalue weighted by Crippen LogP contribution is -2.48. The van der Waals surface area contributed by atoms with Crippen molar-refractivity contribution in [3.8, 4) is 5.75 Å². The van der Waals surface area contributed by atoms with Gasteiger partial charge < -0.3 is 19.7 Å². The van der Waals surface area contributed by atoms with Crippen LogP contribution in [0, 0.1) is 0 Å². The minimum atomic E-state index is -0.00389. The van der Waals surface area contributed by atoms with Gasteiger partial charge in [-0.15, -0.1) is 0 Å². The van der Waals surface area contributed by atoms with Crippen LogP contribution < -0.4 is 15.0 Å². The van der Waals surface area contributed by atoms with Crippen LogP contribution in [-0.4, -0.2) is 63.8 Å². The second-order valence-electron chi connectivity index (χ2n) is 7.69. The molecule has 0 atom stereocenters. The Bertz CT molecular complexity index is 897. The van der Waals surface area contributed by atoms with Gasteiger partial charge in [-0.05, 0) is 47.9 Å². The fraction of sp³-hybridized carbons (Fsp3) is 0.435. The van der Waals surface area contributed by atoms with Crippen molar-refractivity contribution in [1.82, 2.24) is 10.2 Å². The van der Waals surface area contributed by atoms with Gasteiger partial charge in [-0.1, -0.05) is 17.7 Å². The summed E-state index contributed by atoms with van der Waals surface area (Å²) in [5.74, 6) is 0.692. The zero-order valence-electron chi connectivity index (χ0n) is 17.3. The van der Waals surface area contributed by atoms with E-state index < -0.39 is 0 Å². The third-order valence-corrected chi connectivity index (χ3v) is 6.12. The van der Waals surface area contributed by atoms with E-state index in [1.807, 2.05) is 36.4 Å². The number of piperazine rings is 1. The molecule has 2 aromatic carbocycles. The van der Waals surface area contributed by atoms with Crippen molar-refractivity contribution in [2.45, 2.75) is 13.0 Å². The molecule has 2 aliphatic heterocycles. The highest BCUT2D eigenvalue weighted by Crippen LogP contribution is 2.29. The molecule has 1 amide bonds. The molecule has 2 aliphatic rings. The summed E-state index contributed by atoms with van der Waals surface area (Å²) in [4.78, 5) is 17.2. The first-order valence-corrected chi connectivity index (χ1v) is 10.8. The van der Waals surface area contributed by atoms with E-state index >= 15 is 0 Å². The van der Waals surface area contributed by atoms with Gasteiger partial charge in [0.2, 0.25) is 0 Å². The Labute approximate surface area is 182 Å². The van der Waals surface area contributed by atoms with E-state index in [1.54, 1.807) is 7.11 Å². The minimum Gasteiger partial charge on any atom is -0.495 e. The van der Waals surface area contributed by atoms with E-state index in [2.05, 4.69) is 15.1 Å². The second kappa shape index (κ2) is 9.69. The number of carbonyl (C=O) groups is 1. The van der Waals surface area contributed by atoms with Crippen LogP contribution in [0.3, 0.4) is 0 Å². The van der Waals surface area contributed by atoms with Crippen LogP contribution in [0.15, 0.2) is 36.4 Å². The van der Waals surface area contributed by atoms with Crippen molar-refractivity contribution < 1.29 is 14.3 Å². The Kier molecular flexibility index (Phi) is 6.77. The number of benzene rings is 2. The van der Waals surface area contributed by atoms with Gasteiger partial charge in [0, 0.05) is 50.5 Å². The number of anilines is 1. The van der Waals surface area contributed by atoms with Crippen molar-refractivity contribution >= 4 is 23.2 Å². The summed E-state index contributed by atoms with van der Waals surface area (Å²) in [6.07, 6.45) is 0.875. The van der Waals surface area contributed by atoms with Gasteiger partial charge >= 0.3 is 0 Å². The first kappa shape index (κ1) is 21.0. The summed E-state index contributed by atoms with van der Waals surface area (Å²) in [5, 5.41) is 3.69.